The van der Waals surface area contributed by atoms with E-state index in [-0.39, 0.29) is 23.6 Å². The Morgan fingerprint density at radius 2 is 1.59 bits per heavy atom. The van der Waals surface area contributed by atoms with E-state index in [0.29, 0.717) is 15.6 Å². The van der Waals surface area contributed by atoms with Crippen molar-refractivity contribution in [3.8, 4) is 11.1 Å². The topological polar surface area (TPSA) is 66.4 Å². The van der Waals surface area contributed by atoms with Crippen molar-refractivity contribution in [3.05, 3.63) is 87.9 Å². The Balaban J connectivity index is 1.86. The summed E-state index contributed by atoms with van der Waals surface area (Å²) in [4.78, 5) is 23.9. The van der Waals surface area contributed by atoms with Gasteiger partial charge in [0.05, 0.1) is 27.7 Å². The van der Waals surface area contributed by atoms with E-state index in [2.05, 4.69) is 5.32 Å². The Kier molecular flexibility index (Phi) is 5.79. The van der Waals surface area contributed by atoms with Crippen molar-refractivity contribution < 1.29 is 14.7 Å². The van der Waals surface area contributed by atoms with Gasteiger partial charge in [0.2, 0.25) is 5.91 Å². The van der Waals surface area contributed by atoms with Gasteiger partial charge in [-0.1, -0.05) is 65.7 Å². The highest BCUT2D eigenvalue weighted by molar-refractivity contribution is 6.42. The van der Waals surface area contributed by atoms with Gasteiger partial charge in [0.25, 0.3) is 0 Å². The Hall–Kier alpha value is -2.82. The lowest BCUT2D eigenvalue weighted by Crippen LogP contribution is -2.17. The molecule has 0 radical (unpaired) electrons. The number of nitrogens with one attached hydrogen (secondary N) is 1. The molecule has 3 aromatic rings. The van der Waals surface area contributed by atoms with Gasteiger partial charge in [0.1, 0.15) is 0 Å². The highest BCUT2D eigenvalue weighted by Gasteiger charge is 2.14. The van der Waals surface area contributed by atoms with Gasteiger partial charge in [-0.3, -0.25) is 4.79 Å². The number of benzene rings is 3. The van der Waals surface area contributed by atoms with Gasteiger partial charge in [0.15, 0.2) is 0 Å². The fraction of sp³-hybridized carbons (Fsp3) is 0.0476. The molecule has 4 nitrogen and oxygen atoms in total. The molecule has 0 saturated heterocycles. The van der Waals surface area contributed by atoms with Gasteiger partial charge in [-0.05, 0) is 41.0 Å². The minimum absolute atomic E-state index is 0.0252. The zero-order valence-corrected chi connectivity index (χ0v) is 15.6. The van der Waals surface area contributed by atoms with Gasteiger partial charge in [-0.25, -0.2) is 4.79 Å². The van der Waals surface area contributed by atoms with Crippen LogP contribution in [0.2, 0.25) is 10.0 Å². The standard InChI is InChI=1S/C21H15Cl2NO3/c22-17-9-6-13(10-18(17)23)11-20(25)24-19-12-15(7-8-16(19)21(26)27)14-4-2-1-3-5-14/h1-10,12H,11H2,(H,24,25)(H,26,27). The summed E-state index contributed by atoms with van der Waals surface area (Å²) in [6, 6.07) is 19.3. The monoisotopic (exact) mass is 399 g/mol. The van der Waals surface area contributed by atoms with Crippen molar-refractivity contribution in [2.75, 3.05) is 5.32 Å². The lowest BCUT2D eigenvalue weighted by Gasteiger charge is -2.11. The molecule has 27 heavy (non-hydrogen) atoms. The lowest BCUT2D eigenvalue weighted by atomic mass is 10.0. The summed E-state index contributed by atoms with van der Waals surface area (Å²) in [5.74, 6) is -1.46. The van der Waals surface area contributed by atoms with Crippen LogP contribution in [0.15, 0.2) is 66.7 Å². The van der Waals surface area contributed by atoms with E-state index in [0.717, 1.165) is 11.1 Å². The smallest absolute Gasteiger partial charge is 0.337 e. The van der Waals surface area contributed by atoms with Gasteiger partial charge in [0, 0.05) is 0 Å². The molecule has 0 atom stereocenters. The first-order valence-electron chi connectivity index (χ1n) is 8.10. The molecule has 0 bridgehead atoms. The molecule has 0 heterocycles. The first-order valence-corrected chi connectivity index (χ1v) is 8.86. The number of aromatic carboxylic acids is 1. The van der Waals surface area contributed by atoms with Gasteiger partial charge in [-0.15, -0.1) is 0 Å². The largest absolute Gasteiger partial charge is 0.478 e. The zero-order chi connectivity index (χ0) is 19.4. The maximum atomic E-state index is 12.4. The van der Waals surface area contributed by atoms with Crippen molar-refractivity contribution >= 4 is 40.8 Å². The van der Waals surface area contributed by atoms with Gasteiger partial charge >= 0.3 is 5.97 Å². The third kappa shape index (κ3) is 4.67. The van der Waals surface area contributed by atoms with E-state index in [4.69, 9.17) is 23.2 Å². The molecule has 3 aromatic carbocycles. The van der Waals surface area contributed by atoms with Crippen LogP contribution in [0, 0.1) is 0 Å². The summed E-state index contributed by atoms with van der Waals surface area (Å²) < 4.78 is 0. The number of anilines is 1. The van der Waals surface area contributed by atoms with Crippen LogP contribution in [0.5, 0.6) is 0 Å². The molecule has 0 unspecified atom stereocenters. The van der Waals surface area contributed by atoms with Crippen LogP contribution in [-0.2, 0) is 11.2 Å². The molecule has 0 saturated carbocycles. The van der Waals surface area contributed by atoms with Crippen molar-refractivity contribution in [2.45, 2.75) is 6.42 Å². The second-order valence-electron chi connectivity index (χ2n) is 5.90. The van der Waals surface area contributed by atoms with Crippen LogP contribution in [0.1, 0.15) is 15.9 Å². The SMILES string of the molecule is O=C(Cc1ccc(Cl)c(Cl)c1)Nc1cc(-c2ccccc2)ccc1C(=O)O. The lowest BCUT2D eigenvalue weighted by molar-refractivity contribution is -0.115. The van der Waals surface area contributed by atoms with Crippen molar-refractivity contribution in [3.63, 3.8) is 0 Å². The fourth-order valence-corrected chi connectivity index (χ4v) is 2.99. The van der Waals surface area contributed by atoms with Crippen LogP contribution >= 0.6 is 23.2 Å². The number of amides is 1. The summed E-state index contributed by atoms with van der Waals surface area (Å²) in [7, 11) is 0. The maximum Gasteiger partial charge on any atom is 0.337 e. The molecule has 3 rings (SSSR count). The molecular weight excluding hydrogens is 385 g/mol. The van der Waals surface area contributed by atoms with Crippen LogP contribution in [0.4, 0.5) is 5.69 Å². The zero-order valence-electron chi connectivity index (χ0n) is 14.1. The average Bonchev–Trinajstić information content (AvgIpc) is 2.65. The van der Waals surface area contributed by atoms with Crippen molar-refractivity contribution in [1.82, 2.24) is 0 Å². The minimum atomic E-state index is -1.11. The van der Waals surface area contributed by atoms with Crippen LogP contribution in [0.3, 0.4) is 0 Å². The summed E-state index contributed by atoms with van der Waals surface area (Å²) in [6.45, 7) is 0. The third-order valence-corrected chi connectivity index (χ3v) is 4.72. The molecule has 0 aromatic heterocycles. The Morgan fingerprint density at radius 3 is 2.26 bits per heavy atom. The number of carbonyl (C=O) groups excluding carboxylic acids is 1. The van der Waals surface area contributed by atoms with Crippen LogP contribution < -0.4 is 5.32 Å². The highest BCUT2D eigenvalue weighted by atomic mass is 35.5. The minimum Gasteiger partial charge on any atom is -0.478 e. The van der Waals surface area contributed by atoms with Crippen molar-refractivity contribution in [1.29, 1.82) is 0 Å². The number of hydrogen-bond acceptors (Lipinski definition) is 2. The number of hydrogen-bond donors (Lipinski definition) is 2. The molecule has 0 fully saturated rings. The van der Waals surface area contributed by atoms with Gasteiger partial charge < -0.3 is 10.4 Å². The quantitative estimate of drug-likeness (QED) is 0.591. The van der Waals surface area contributed by atoms with Crippen LogP contribution in [-0.4, -0.2) is 17.0 Å². The number of carbonyl (C=O) groups is 2. The number of rotatable bonds is 5. The van der Waals surface area contributed by atoms with E-state index in [9.17, 15) is 14.7 Å². The van der Waals surface area contributed by atoms with E-state index >= 15 is 0 Å². The second kappa shape index (κ2) is 8.25. The molecule has 1 amide bonds. The molecule has 136 valence electrons. The summed E-state index contributed by atoms with van der Waals surface area (Å²) in [5.41, 5.74) is 2.68. The van der Waals surface area contributed by atoms with E-state index in [1.165, 1.54) is 6.07 Å². The number of halogens is 2. The van der Waals surface area contributed by atoms with E-state index in [1.54, 1.807) is 30.3 Å². The predicted octanol–water partition coefficient (Wildman–Crippen LogP) is 5.54. The molecule has 0 aliphatic heterocycles. The van der Waals surface area contributed by atoms with E-state index < -0.39 is 5.97 Å². The summed E-state index contributed by atoms with van der Waals surface area (Å²) in [6.07, 6.45) is 0.0471. The molecular formula is C21H15Cl2NO3. The third-order valence-electron chi connectivity index (χ3n) is 3.98. The summed E-state index contributed by atoms with van der Waals surface area (Å²) in [5, 5.41) is 12.9. The predicted molar refractivity (Wildman–Crippen MR) is 108 cm³/mol. The fourth-order valence-electron chi connectivity index (χ4n) is 2.67. The molecule has 2 N–H and O–H groups in total. The van der Waals surface area contributed by atoms with Gasteiger partial charge in [-0.2, -0.15) is 0 Å². The second-order valence-corrected chi connectivity index (χ2v) is 6.72. The molecule has 6 heteroatoms. The summed E-state index contributed by atoms with van der Waals surface area (Å²) >= 11 is 11.9. The van der Waals surface area contributed by atoms with E-state index in [1.807, 2.05) is 30.3 Å². The highest BCUT2D eigenvalue weighted by Crippen LogP contribution is 2.27. The molecule has 0 spiro atoms. The average molecular weight is 400 g/mol. The number of carboxylic acids is 1. The first kappa shape index (κ1) is 19.0. The maximum absolute atomic E-state index is 12.4. The first-order chi connectivity index (χ1) is 12.9. The number of carboxylic acid groups (broad SMARTS) is 1. The van der Waals surface area contributed by atoms with Crippen LogP contribution in [0.25, 0.3) is 11.1 Å². The van der Waals surface area contributed by atoms with Crippen molar-refractivity contribution in [2.24, 2.45) is 0 Å². The molecule has 0 aliphatic carbocycles. The Morgan fingerprint density at radius 1 is 0.852 bits per heavy atom. The molecule has 0 aliphatic rings. The normalized spacial score (nSPS) is 10.4. The Bertz CT molecular complexity index is 1000. The Labute approximate surface area is 166 Å².